The first-order valence-electron chi connectivity index (χ1n) is 18.8. The van der Waals surface area contributed by atoms with Crippen molar-refractivity contribution in [1.82, 2.24) is 0 Å². The van der Waals surface area contributed by atoms with Gasteiger partial charge in [0.1, 0.15) is 11.2 Å². The van der Waals surface area contributed by atoms with Crippen molar-refractivity contribution in [3.05, 3.63) is 165 Å². The zero-order valence-electron chi connectivity index (χ0n) is 30.4. The van der Waals surface area contributed by atoms with E-state index in [1.165, 1.54) is 79.9 Å². The van der Waals surface area contributed by atoms with Crippen molar-refractivity contribution in [3.8, 4) is 39.0 Å². The monoisotopic (exact) mass is 868 g/mol. The normalized spacial score (nSPS) is 12.3. The van der Waals surface area contributed by atoms with Gasteiger partial charge >= 0.3 is 0 Å². The lowest BCUT2D eigenvalue weighted by Gasteiger charge is -2.01. The minimum absolute atomic E-state index is 0.917. The minimum atomic E-state index is 0.917. The third-order valence-electron chi connectivity index (χ3n) is 10.5. The van der Waals surface area contributed by atoms with Gasteiger partial charge in [0.25, 0.3) is 0 Å². The van der Waals surface area contributed by atoms with Crippen molar-refractivity contribution < 1.29 is 4.42 Å². The first-order chi connectivity index (χ1) is 28.7. The maximum Gasteiger partial charge on any atom is 0.143 e. The van der Waals surface area contributed by atoms with Crippen LogP contribution in [0.3, 0.4) is 0 Å². The molecule has 8 heteroatoms. The summed E-state index contributed by atoms with van der Waals surface area (Å²) in [4.78, 5) is 13.1. The number of hydrogen-bond donors (Lipinski definition) is 0. The summed E-state index contributed by atoms with van der Waals surface area (Å²) in [5.41, 5.74) is 4.21. The summed E-state index contributed by atoms with van der Waals surface area (Å²) < 4.78 is 9.29. The summed E-state index contributed by atoms with van der Waals surface area (Å²) in [6.07, 6.45) is 8.90. The first kappa shape index (κ1) is 34.8. The maximum atomic E-state index is 6.69. The molecule has 12 rings (SSSR count). The van der Waals surface area contributed by atoms with Gasteiger partial charge in [-0.25, -0.2) is 0 Å². The van der Waals surface area contributed by atoms with E-state index >= 15 is 0 Å². The molecule has 0 aliphatic carbocycles. The lowest BCUT2D eigenvalue weighted by atomic mass is 10.0. The number of rotatable bonds is 8. The quantitative estimate of drug-likeness (QED) is 0.148. The number of fused-ring (bicyclic) bond motifs is 9. The molecule has 0 N–H and O–H groups in total. The Balaban J connectivity index is 0.809. The van der Waals surface area contributed by atoms with Gasteiger partial charge in [-0.3, -0.25) is 0 Å². The molecule has 1 nitrogen and oxygen atoms in total. The third-order valence-corrected chi connectivity index (χ3v) is 18.5. The Morgan fingerprint density at radius 1 is 0.362 bits per heavy atom. The molecule has 58 heavy (non-hydrogen) atoms. The molecule has 12 aromatic rings. The van der Waals surface area contributed by atoms with E-state index in [2.05, 4.69) is 169 Å². The van der Waals surface area contributed by atoms with Crippen LogP contribution in [0.15, 0.2) is 149 Å². The van der Waals surface area contributed by atoms with E-state index in [1.807, 2.05) is 56.7 Å². The first-order valence-corrected chi connectivity index (χ1v) is 24.6. The average molecular weight is 869 g/mol. The highest BCUT2D eigenvalue weighted by molar-refractivity contribution is 7.27. The Bertz CT molecular complexity index is 3280. The summed E-state index contributed by atoms with van der Waals surface area (Å²) in [5, 5.41) is 11.6. The lowest BCUT2D eigenvalue weighted by molar-refractivity contribution is 0.672. The van der Waals surface area contributed by atoms with E-state index in [4.69, 9.17) is 4.42 Å². The molecule has 0 radical (unpaired) electrons. The molecular weight excluding hydrogens is 841 g/mol. The van der Waals surface area contributed by atoms with Crippen LogP contribution in [0.4, 0.5) is 0 Å². The van der Waals surface area contributed by atoms with Crippen molar-refractivity contribution in [2.75, 3.05) is 0 Å². The Morgan fingerprint density at radius 2 is 0.845 bits per heavy atom. The number of benzene rings is 4. The Labute approximate surface area is 362 Å². The average Bonchev–Trinajstić information content (AvgIpc) is 4.11. The van der Waals surface area contributed by atoms with Crippen LogP contribution in [-0.2, 0) is 0 Å². The van der Waals surface area contributed by atoms with E-state index in [0.717, 1.165) is 32.9 Å². The fraction of sp³-hybridized carbons (Fsp3) is 0. The van der Waals surface area contributed by atoms with E-state index in [-0.39, 0.29) is 0 Å². The van der Waals surface area contributed by atoms with Crippen molar-refractivity contribution in [1.29, 1.82) is 0 Å². The lowest BCUT2D eigenvalue weighted by Crippen LogP contribution is -1.75. The van der Waals surface area contributed by atoms with Crippen LogP contribution in [0, 0.1) is 0 Å². The van der Waals surface area contributed by atoms with Crippen molar-refractivity contribution in [3.63, 3.8) is 0 Å². The van der Waals surface area contributed by atoms with Crippen LogP contribution >= 0.6 is 79.4 Å². The van der Waals surface area contributed by atoms with Crippen LogP contribution < -0.4 is 0 Å². The van der Waals surface area contributed by atoms with Crippen molar-refractivity contribution in [2.45, 2.75) is 0 Å². The number of furan rings is 1. The van der Waals surface area contributed by atoms with E-state index in [0.29, 0.717) is 0 Å². The van der Waals surface area contributed by atoms with Gasteiger partial charge in [0.15, 0.2) is 0 Å². The summed E-state index contributed by atoms with van der Waals surface area (Å²) in [5.74, 6) is 0. The second-order valence-corrected chi connectivity index (χ2v) is 21.4. The van der Waals surface area contributed by atoms with Gasteiger partial charge in [0.05, 0.1) is 0 Å². The van der Waals surface area contributed by atoms with Gasteiger partial charge in [-0.05, 0) is 125 Å². The SMILES string of the molecule is C(=C\c1ccc(-c2ccc(-c3cccs3)s2)s1)/c1ccc2c(c1)oc1c2ccc2c1ccc1c3ccc(/C=C/c4ccc(-c5ccc(-c6cccs6)s5)s4)cc3sc12. The largest absolute Gasteiger partial charge is 0.455 e. The van der Waals surface area contributed by atoms with Crippen molar-refractivity contribution in [2.24, 2.45) is 0 Å². The molecule has 0 amide bonds. The topological polar surface area (TPSA) is 13.1 Å². The van der Waals surface area contributed by atoms with Gasteiger partial charge in [0.2, 0.25) is 0 Å². The zero-order chi connectivity index (χ0) is 38.2. The summed E-state index contributed by atoms with van der Waals surface area (Å²) in [6.45, 7) is 0. The van der Waals surface area contributed by atoms with Crippen LogP contribution in [0.5, 0.6) is 0 Å². The Kier molecular flexibility index (Phi) is 8.58. The van der Waals surface area contributed by atoms with E-state index in [9.17, 15) is 0 Å². The minimum Gasteiger partial charge on any atom is -0.455 e. The highest BCUT2D eigenvalue weighted by Crippen LogP contribution is 2.44. The Morgan fingerprint density at radius 3 is 1.45 bits per heavy atom. The summed E-state index contributed by atoms with van der Waals surface area (Å²) >= 11 is 12.9. The van der Waals surface area contributed by atoms with Gasteiger partial charge in [-0.1, -0.05) is 54.6 Å². The van der Waals surface area contributed by atoms with Crippen LogP contribution in [-0.4, -0.2) is 0 Å². The Hall–Kier alpha value is -5.16. The van der Waals surface area contributed by atoms with Gasteiger partial charge < -0.3 is 4.42 Å². The predicted octanol–water partition coefficient (Wildman–Crippen LogP) is 18.5. The molecule has 0 aliphatic heterocycles. The smallest absolute Gasteiger partial charge is 0.143 e. The van der Waals surface area contributed by atoms with E-state index < -0.39 is 0 Å². The second kappa shape index (κ2) is 14.3. The summed E-state index contributed by atoms with van der Waals surface area (Å²) in [6, 6.07) is 49.0. The van der Waals surface area contributed by atoms with Gasteiger partial charge in [0, 0.05) is 90.5 Å². The molecule has 276 valence electrons. The predicted molar refractivity (Wildman–Crippen MR) is 264 cm³/mol. The standard InChI is InChI=1S/C50H28OS7/c1-3-40(52-25-1)42-21-23-46(56-42)44-19-11-31(54-44)9-5-29-7-13-33-35-15-18-38-36(49(35)51-39(33)27-29)16-17-37-34-14-8-30(28-48(34)58-50(37)38)6-10-32-12-20-45(55-32)47-24-22-43(57-47)41-4-2-26-53-41/h1-28H/b9-5+,10-6+. The molecule has 0 saturated heterocycles. The van der Waals surface area contributed by atoms with Gasteiger partial charge in [-0.15, -0.1) is 79.4 Å². The molecule has 0 aliphatic rings. The van der Waals surface area contributed by atoms with Crippen LogP contribution in [0.2, 0.25) is 0 Å². The molecule has 0 saturated carbocycles. The number of thiophene rings is 7. The molecule has 0 spiro atoms. The van der Waals surface area contributed by atoms with E-state index in [1.54, 1.807) is 22.7 Å². The maximum absolute atomic E-state index is 6.69. The molecule has 8 heterocycles. The molecule has 0 atom stereocenters. The third kappa shape index (κ3) is 6.19. The highest BCUT2D eigenvalue weighted by atomic mass is 32.1. The zero-order valence-corrected chi connectivity index (χ0v) is 36.1. The van der Waals surface area contributed by atoms with Crippen LogP contribution in [0.1, 0.15) is 20.9 Å². The second-order valence-electron chi connectivity index (χ2n) is 14.0. The van der Waals surface area contributed by atoms with Gasteiger partial charge in [-0.2, -0.15) is 0 Å². The van der Waals surface area contributed by atoms with Crippen LogP contribution in [0.25, 0.3) is 116 Å². The molecule has 4 aromatic carbocycles. The highest BCUT2D eigenvalue weighted by Gasteiger charge is 2.16. The van der Waals surface area contributed by atoms with Crippen molar-refractivity contribution >= 4 is 157 Å². The fourth-order valence-electron chi connectivity index (χ4n) is 7.66. The molecule has 8 aromatic heterocycles. The molecule has 0 bridgehead atoms. The molecule has 0 fully saturated rings. The number of hydrogen-bond acceptors (Lipinski definition) is 8. The molecular formula is C50H28OS7. The summed E-state index contributed by atoms with van der Waals surface area (Å²) in [7, 11) is 0. The molecule has 0 unspecified atom stereocenters. The fourth-order valence-corrected chi connectivity index (χ4v) is 14.6.